The molecule has 0 amide bonds. The van der Waals surface area contributed by atoms with Crippen molar-refractivity contribution in [3.05, 3.63) is 53.6 Å². The second-order valence-electron chi connectivity index (χ2n) is 4.80. The van der Waals surface area contributed by atoms with E-state index in [2.05, 4.69) is 0 Å². The first-order valence-electron chi connectivity index (χ1n) is 6.11. The third-order valence-corrected chi connectivity index (χ3v) is 3.11. The minimum atomic E-state index is -0.902. The van der Waals surface area contributed by atoms with Gasteiger partial charge < -0.3 is 10.0 Å². The minimum Gasteiger partial charge on any atom is -0.478 e. The van der Waals surface area contributed by atoms with Crippen molar-refractivity contribution in [2.75, 3.05) is 19.0 Å². The number of carboxylic acids is 1. The zero-order valence-electron chi connectivity index (χ0n) is 11.3. The molecule has 0 heterocycles. The average molecular weight is 255 g/mol. The number of carboxylic acid groups (broad SMARTS) is 1. The van der Waals surface area contributed by atoms with Gasteiger partial charge in [0.25, 0.3) is 0 Å². The van der Waals surface area contributed by atoms with Crippen LogP contribution in [0.3, 0.4) is 0 Å². The molecule has 0 radical (unpaired) electrons. The van der Waals surface area contributed by atoms with Gasteiger partial charge >= 0.3 is 5.97 Å². The summed E-state index contributed by atoms with van der Waals surface area (Å²) in [7, 11) is 3.88. The van der Waals surface area contributed by atoms with Gasteiger partial charge in [-0.2, -0.15) is 0 Å². The maximum atomic E-state index is 11.3. The summed E-state index contributed by atoms with van der Waals surface area (Å²) in [6, 6.07) is 13.3. The number of hydrogen-bond donors (Lipinski definition) is 1. The fraction of sp³-hybridized carbons (Fsp3) is 0.188. The van der Waals surface area contributed by atoms with Crippen LogP contribution < -0.4 is 4.90 Å². The van der Waals surface area contributed by atoms with E-state index >= 15 is 0 Å². The number of nitrogens with zero attached hydrogens (tertiary/aromatic N) is 1. The molecule has 0 fully saturated rings. The number of aryl methyl sites for hydroxylation is 1. The lowest BCUT2D eigenvalue weighted by Crippen LogP contribution is -2.09. The number of carbonyl (C=O) groups is 1. The fourth-order valence-corrected chi connectivity index (χ4v) is 1.97. The summed E-state index contributed by atoms with van der Waals surface area (Å²) in [5.41, 5.74) is 4.14. The summed E-state index contributed by atoms with van der Waals surface area (Å²) in [6.45, 7) is 2.01. The Hall–Kier alpha value is -2.29. The third-order valence-electron chi connectivity index (χ3n) is 3.11. The fourth-order valence-electron chi connectivity index (χ4n) is 1.97. The van der Waals surface area contributed by atoms with E-state index in [0.29, 0.717) is 5.56 Å². The Balaban J connectivity index is 2.60. The van der Waals surface area contributed by atoms with Crippen molar-refractivity contribution in [2.45, 2.75) is 6.92 Å². The van der Waals surface area contributed by atoms with Crippen LogP contribution in [0.25, 0.3) is 11.1 Å². The zero-order chi connectivity index (χ0) is 14.0. The highest BCUT2D eigenvalue weighted by molar-refractivity contribution is 5.97. The van der Waals surface area contributed by atoms with E-state index in [1.54, 1.807) is 6.07 Å². The molecule has 2 aromatic carbocycles. The van der Waals surface area contributed by atoms with Gasteiger partial charge in [-0.05, 0) is 36.2 Å². The smallest absolute Gasteiger partial charge is 0.336 e. The van der Waals surface area contributed by atoms with Gasteiger partial charge in [-0.3, -0.25) is 0 Å². The van der Waals surface area contributed by atoms with Crippen LogP contribution in [0.2, 0.25) is 0 Å². The van der Waals surface area contributed by atoms with Gasteiger partial charge in [0.1, 0.15) is 0 Å². The highest BCUT2D eigenvalue weighted by Gasteiger charge is 2.13. The standard InChI is InChI=1S/C16H17NO2/c1-11-4-6-12(7-5-11)15-10-13(17(2)3)8-9-14(15)16(18)19/h4-10H,1-3H3,(H,18,19). The summed E-state index contributed by atoms with van der Waals surface area (Å²) in [4.78, 5) is 13.3. The number of anilines is 1. The van der Waals surface area contributed by atoms with Crippen LogP contribution in [-0.4, -0.2) is 25.2 Å². The molecule has 0 saturated heterocycles. The molecule has 0 spiro atoms. The predicted octanol–water partition coefficient (Wildman–Crippen LogP) is 3.43. The van der Waals surface area contributed by atoms with Gasteiger partial charge in [0.05, 0.1) is 5.56 Å². The number of benzene rings is 2. The molecule has 0 bridgehead atoms. The summed E-state index contributed by atoms with van der Waals surface area (Å²) in [5, 5.41) is 9.30. The lowest BCUT2D eigenvalue weighted by molar-refractivity contribution is 0.0698. The lowest BCUT2D eigenvalue weighted by atomic mass is 9.98. The lowest BCUT2D eigenvalue weighted by Gasteiger charge is -2.15. The normalized spacial score (nSPS) is 10.3. The third kappa shape index (κ3) is 2.76. The summed E-state index contributed by atoms with van der Waals surface area (Å²) < 4.78 is 0. The van der Waals surface area contributed by atoms with Crippen molar-refractivity contribution in [1.29, 1.82) is 0 Å². The van der Waals surface area contributed by atoms with Crippen LogP contribution in [0.1, 0.15) is 15.9 Å². The van der Waals surface area contributed by atoms with E-state index in [4.69, 9.17) is 0 Å². The topological polar surface area (TPSA) is 40.5 Å². The van der Waals surface area contributed by atoms with Crippen LogP contribution in [0.15, 0.2) is 42.5 Å². The molecule has 0 aliphatic carbocycles. The van der Waals surface area contributed by atoms with E-state index in [-0.39, 0.29) is 0 Å². The number of rotatable bonds is 3. The first-order chi connectivity index (χ1) is 8.99. The van der Waals surface area contributed by atoms with Gasteiger partial charge in [0.15, 0.2) is 0 Å². The van der Waals surface area contributed by atoms with Crippen molar-refractivity contribution < 1.29 is 9.90 Å². The molecular weight excluding hydrogens is 238 g/mol. The largest absolute Gasteiger partial charge is 0.478 e. The van der Waals surface area contributed by atoms with Crippen molar-refractivity contribution >= 4 is 11.7 Å². The van der Waals surface area contributed by atoms with E-state index in [9.17, 15) is 9.90 Å². The van der Waals surface area contributed by atoms with Crippen LogP contribution in [0.4, 0.5) is 5.69 Å². The van der Waals surface area contributed by atoms with E-state index in [1.807, 2.05) is 62.3 Å². The summed E-state index contributed by atoms with van der Waals surface area (Å²) in [6.07, 6.45) is 0. The molecule has 1 N–H and O–H groups in total. The SMILES string of the molecule is Cc1ccc(-c2cc(N(C)C)ccc2C(=O)O)cc1. The molecule has 2 rings (SSSR count). The van der Waals surface area contributed by atoms with Crippen LogP contribution in [0, 0.1) is 6.92 Å². The average Bonchev–Trinajstić information content (AvgIpc) is 2.38. The van der Waals surface area contributed by atoms with Crippen LogP contribution in [0.5, 0.6) is 0 Å². The Labute approximate surface area is 113 Å². The first-order valence-corrected chi connectivity index (χ1v) is 6.11. The highest BCUT2D eigenvalue weighted by Crippen LogP contribution is 2.28. The maximum Gasteiger partial charge on any atom is 0.336 e. The molecule has 3 heteroatoms. The quantitative estimate of drug-likeness (QED) is 0.913. The molecular formula is C16H17NO2. The van der Waals surface area contributed by atoms with Gasteiger partial charge in [0.2, 0.25) is 0 Å². The molecule has 0 atom stereocenters. The second-order valence-corrected chi connectivity index (χ2v) is 4.80. The molecule has 0 unspecified atom stereocenters. The van der Waals surface area contributed by atoms with Crippen molar-refractivity contribution in [3.8, 4) is 11.1 Å². The molecule has 0 aliphatic rings. The van der Waals surface area contributed by atoms with Crippen LogP contribution in [-0.2, 0) is 0 Å². The maximum absolute atomic E-state index is 11.3. The van der Waals surface area contributed by atoms with E-state index < -0.39 is 5.97 Å². The Kier molecular flexibility index (Phi) is 3.56. The van der Waals surface area contributed by atoms with Crippen molar-refractivity contribution in [1.82, 2.24) is 0 Å². The highest BCUT2D eigenvalue weighted by atomic mass is 16.4. The Bertz CT molecular complexity index is 601. The molecule has 19 heavy (non-hydrogen) atoms. The van der Waals surface area contributed by atoms with Crippen molar-refractivity contribution in [3.63, 3.8) is 0 Å². The number of aromatic carboxylic acids is 1. The Morgan fingerprint density at radius 3 is 2.21 bits per heavy atom. The molecule has 0 aliphatic heterocycles. The number of hydrogen-bond acceptors (Lipinski definition) is 2. The Morgan fingerprint density at radius 2 is 1.68 bits per heavy atom. The summed E-state index contributed by atoms with van der Waals surface area (Å²) in [5.74, 6) is -0.902. The predicted molar refractivity (Wildman–Crippen MR) is 77.9 cm³/mol. The molecule has 0 aromatic heterocycles. The van der Waals surface area contributed by atoms with Gasteiger partial charge in [-0.25, -0.2) is 4.79 Å². The van der Waals surface area contributed by atoms with E-state index in [0.717, 1.165) is 22.4 Å². The van der Waals surface area contributed by atoms with Gasteiger partial charge in [0, 0.05) is 19.8 Å². The minimum absolute atomic E-state index is 0.328. The van der Waals surface area contributed by atoms with Crippen LogP contribution >= 0.6 is 0 Å². The van der Waals surface area contributed by atoms with Gasteiger partial charge in [-0.1, -0.05) is 29.8 Å². The molecule has 3 nitrogen and oxygen atoms in total. The monoisotopic (exact) mass is 255 g/mol. The Morgan fingerprint density at radius 1 is 1.05 bits per heavy atom. The molecule has 2 aromatic rings. The first kappa shape index (κ1) is 13.1. The summed E-state index contributed by atoms with van der Waals surface area (Å²) >= 11 is 0. The second kappa shape index (κ2) is 5.14. The van der Waals surface area contributed by atoms with E-state index in [1.165, 1.54) is 0 Å². The van der Waals surface area contributed by atoms with Crippen molar-refractivity contribution in [2.24, 2.45) is 0 Å². The van der Waals surface area contributed by atoms with Gasteiger partial charge in [-0.15, -0.1) is 0 Å². The zero-order valence-corrected chi connectivity index (χ0v) is 11.3. The molecule has 98 valence electrons. The molecule has 0 saturated carbocycles.